The Balaban J connectivity index is 1.44. The van der Waals surface area contributed by atoms with E-state index < -0.39 is 0 Å². The SMILES string of the molecule is COc1ccc(CCNCc2ccc(N3CC(C)CC(C)C3)cc2)cc1. The van der Waals surface area contributed by atoms with Gasteiger partial charge in [0.25, 0.3) is 0 Å². The summed E-state index contributed by atoms with van der Waals surface area (Å²) in [5.74, 6) is 2.50. The molecule has 1 saturated heterocycles. The normalized spacial score (nSPS) is 20.2. The van der Waals surface area contributed by atoms with Gasteiger partial charge in [-0.15, -0.1) is 0 Å². The lowest BCUT2D eigenvalue weighted by molar-refractivity contribution is 0.357. The number of nitrogens with zero attached hydrogens (tertiary/aromatic N) is 1. The van der Waals surface area contributed by atoms with Crippen LogP contribution in [0.2, 0.25) is 0 Å². The number of benzene rings is 2. The summed E-state index contributed by atoms with van der Waals surface area (Å²) in [5.41, 5.74) is 4.05. The molecule has 3 heteroatoms. The second kappa shape index (κ2) is 9.09. The van der Waals surface area contributed by atoms with Gasteiger partial charge in [0.05, 0.1) is 7.11 Å². The number of ether oxygens (including phenoxy) is 1. The zero-order valence-corrected chi connectivity index (χ0v) is 16.4. The van der Waals surface area contributed by atoms with Crippen LogP contribution in [0, 0.1) is 11.8 Å². The van der Waals surface area contributed by atoms with Crippen LogP contribution in [0.4, 0.5) is 5.69 Å². The first kappa shape index (κ1) is 18.8. The minimum absolute atomic E-state index is 0.790. The molecule has 1 fully saturated rings. The Morgan fingerprint density at radius 3 is 2.15 bits per heavy atom. The summed E-state index contributed by atoms with van der Waals surface area (Å²) >= 11 is 0. The summed E-state index contributed by atoms with van der Waals surface area (Å²) in [7, 11) is 1.70. The molecule has 0 bridgehead atoms. The number of hydrogen-bond acceptors (Lipinski definition) is 3. The second-order valence-corrected chi connectivity index (χ2v) is 7.79. The smallest absolute Gasteiger partial charge is 0.118 e. The molecule has 2 aromatic rings. The third-order valence-corrected chi connectivity index (χ3v) is 5.25. The topological polar surface area (TPSA) is 24.5 Å². The first-order valence-corrected chi connectivity index (χ1v) is 9.81. The van der Waals surface area contributed by atoms with Crippen molar-refractivity contribution in [2.75, 3.05) is 31.6 Å². The van der Waals surface area contributed by atoms with Crippen molar-refractivity contribution in [3.63, 3.8) is 0 Å². The summed E-state index contributed by atoms with van der Waals surface area (Å²) in [6.07, 6.45) is 2.39. The van der Waals surface area contributed by atoms with Crippen molar-refractivity contribution >= 4 is 5.69 Å². The Bertz CT molecular complexity index is 656. The molecule has 0 amide bonds. The molecule has 1 heterocycles. The van der Waals surface area contributed by atoms with Gasteiger partial charge in [-0.3, -0.25) is 0 Å². The average Bonchev–Trinajstić information content (AvgIpc) is 2.65. The number of methoxy groups -OCH3 is 1. The van der Waals surface area contributed by atoms with Crippen LogP contribution in [-0.2, 0) is 13.0 Å². The van der Waals surface area contributed by atoms with Crippen LogP contribution < -0.4 is 15.0 Å². The fourth-order valence-electron chi connectivity index (χ4n) is 3.96. The van der Waals surface area contributed by atoms with E-state index in [1.54, 1.807) is 7.11 Å². The molecule has 0 spiro atoms. The Labute approximate surface area is 158 Å². The minimum atomic E-state index is 0.790. The van der Waals surface area contributed by atoms with Crippen LogP contribution in [0.5, 0.6) is 5.75 Å². The molecule has 3 nitrogen and oxygen atoms in total. The lowest BCUT2D eigenvalue weighted by Crippen LogP contribution is -2.38. The van der Waals surface area contributed by atoms with E-state index in [4.69, 9.17) is 4.74 Å². The van der Waals surface area contributed by atoms with Gasteiger partial charge in [-0.1, -0.05) is 38.1 Å². The average molecular weight is 353 g/mol. The standard InChI is InChI=1S/C23H32N2O/c1-18-14-19(2)17-25(16-18)22-8-4-21(5-9-22)15-24-13-12-20-6-10-23(26-3)11-7-20/h4-11,18-19,24H,12-17H2,1-3H3. The van der Waals surface area contributed by atoms with E-state index in [9.17, 15) is 0 Å². The van der Waals surface area contributed by atoms with E-state index in [2.05, 4.69) is 60.5 Å². The van der Waals surface area contributed by atoms with Crippen LogP contribution >= 0.6 is 0 Å². The van der Waals surface area contributed by atoms with Gasteiger partial charge in [-0.25, -0.2) is 0 Å². The van der Waals surface area contributed by atoms with Crippen LogP contribution in [0.25, 0.3) is 0 Å². The molecule has 2 aromatic carbocycles. The highest BCUT2D eigenvalue weighted by molar-refractivity contribution is 5.48. The lowest BCUT2D eigenvalue weighted by atomic mass is 9.91. The van der Waals surface area contributed by atoms with Gasteiger partial charge in [-0.2, -0.15) is 0 Å². The minimum Gasteiger partial charge on any atom is -0.497 e. The Kier molecular flexibility index (Phi) is 6.56. The Morgan fingerprint density at radius 2 is 1.54 bits per heavy atom. The molecule has 0 saturated carbocycles. The fraction of sp³-hybridized carbons (Fsp3) is 0.478. The highest BCUT2D eigenvalue weighted by Crippen LogP contribution is 2.26. The molecule has 2 atom stereocenters. The number of nitrogens with one attached hydrogen (secondary N) is 1. The molecule has 3 rings (SSSR count). The van der Waals surface area contributed by atoms with Gasteiger partial charge in [0.1, 0.15) is 5.75 Å². The molecule has 1 aliphatic rings. The quantitative estimate of drug-likeness (QED) is 0.742. The molecular formula is C23H32N2O. The maximum absolute atomic E-state index is 5.20. The van der Waals surface area contributed by atoms with Gasteiger partial charge in [0, 0.05) is 25.3 Å². The highest BCUT2D eigenvalue weighted by atomic mass is 16.5. The van der Waals surface area contributed by atoms with E-state index in [0.29, 0.717) is 0 Å². The predicted octanol–water partition coefficient (Wildman–Crippen LogP) is 4.51. The van der Waals surface area contributed by atoms with Crippen molar-refractivity contribution in [1.29, 1.82) is 0 Å². The summed E-state index contributed by atoms with van der Waals surface area (Å²) in [6, 6.07) is 17.4. The molecule has 140 valence electrons. The summed E-state index contributed by atoms with van der Waals surface area (Å²) in [6.45, 7) is 9.00. The molecule has 0 aromatic heterocycles. The van der Waals surface area contributed by atoms with E-state index in [1.165, 1.54) is 36.3 Å². The first-order valence-electron chi connectivity index (χ1n) is 9.81. The zero-order chi connectivity index (χ0) is 18.4. The van der Waals surface area contributed by atoms with Crippen molar-refractivity contribution in [3.05, 3.63) is 59.7 Å². The third-order valence-electron chi connectivity index (χ3n) is 5.25. The predicted molar refractivity (Wildman–Crippen MR) is 110 cm³/mol. The molecule has 1 N–H and O–H groups in total. The molecule has 26 heavy (non-hydrogen) atoms. The summed E-state index contributed by atoms with van der Waals surface area (Å²) in [4.78, 5) is 2.54. The number of hydrogen-bond donors (Lipinski definition) is 1. The van der Waals surface area contributed by atoms with Crippen molar-refractivity contribution in [3.8, 4) is 5.75 Å². The third kappa shape index (κ3) is 5.25. The Hall–Kier alpha value is -2.00. The molecule has 0 aliphatic carbocycles. The van der Waals surface area contributed by atoms with E-state index in [-0.39, 0.29) is 0 Å². The largest absolute Gasteiger partial charge is 0.497 e. The molecular weight excluding hydrogens is 320 g/mol. The van der Waals surface area contributed by atoms with Crippen molar-refractivity contribution < 1.29 is 4.74 Å². The van der Waals surface area contributed by atoms with Gasteiger partial charge in [-0.05, 0) is 66.6 Å². The lowest BCUT2D eigenvalue weighted by Gasteiger charge is -2.36. The Morgan fingerprint density at radius 1 is 0.923 bits per heavy atom. The number of anilines is 1. The van der Waals surface area contributed by atoms with Gasteiger partial charge in [0.2, 0.25) is 0 Å². The number of piperidine rings is 1. The van der Waals surface area contributed by atoms with Crippen molar-refractivity contribution in [2.45, 2.75) is 33.2 Å². The molecule has 1 aliphatic heterocycles. The monoisotopic (exact) mass is 352 g/mol. The summed E-state index contributed by atoms with van der Waals surface area (Å²) in [5, 5.41) is 3.55. The van der Waals surface area contributed by atoms with Crippen molar-refractivity contribution in [1.82, 2.24) is 5.32 Å². The van der Waals surface area contributed by atoms with Crippen LogP contribution in [0.1, 0.15) is 31.4 Å². The zero-order valence-electron chi connectivity index (χ0n) is 16.4. The molecule has 2 unspecified atom stereocenters. The second-order valence-electron chi connectivity index (χ2n) is 7.79. The highest BCUT2D eigenvalue weighted by Gasteiger charge is 2.21. The first-order chi connectivity index (χ1) is 12.6. The summed E-state index contributed by atoms with van der Waals surface area (Å²) < 4.78 is 5.20. The van der Waals surface area contributed by atoms with Crippen molar-refractivity contribution in [2.24, 2.45) is 11.8 Å². The van der Waals surface area contributed by atoms with Gasteiger partial charge < -0.3 is 15.0 Å². The van der Waals surface area contributed by atoms with E-state index in [0.717, 1.165) is 37.1 Å². The molecule has 0 radical (unpaired) electrons. The van der Waals surface area contributed by atoms with Crippen LogP contribution in [0.15, 0.2) is 48.5 Å². The van der Waals surface area contributed by atoms with E-state index in [1.807, 2.05) is 12.1 Å². The van der Waals surface area contributed by atoms with E-state index >= 15 is 0 Å². The van der Waals surface area contributed by atoms with Gasteiger partial charge in [0.15, 0.2) is 0 Å². The maximum atomic E-state index is 5.20. The van der Waals surface area contributed by atoms with Crippen LogP contribution in [-0.4, -0.2) is 26.7 Å². The maximum Gasteiger partial charge on any atom is 0.118 e. The fourth-order valence-corrected chi connectivity index (χ4v) is 3.96. The van der Waals surface area contributed by atoms with Gasteiger partial charge >= 0.3 is 0 Å². The van der Waals surface area contributed by atoms with Crippen LogP contribution in [0.3, 0.4) is 0 Å². The number of rotatable bonds is 7.